The Morgan fingerprint density at radius 3 is 1.08 bits per heavy atom. The van der Waals surface area contributed by atoms with E-state index in [9.17, 15) is 38.4 Å². The smallest absolute Gasteiger partial charge is 0.246 e. The lowest BCUT2D eigenvalue weighted by Crippen LogP contribution is -2.62. The average molecular weight is 1210 g/mol. The Labute approximate surface area is 514 Å². The summed E-state index contributed by atoms with van der Waals surface area (Å²) in [5.74, 6) is -7.34. The number of hydrogen-bond donors (Lipinski definition) is 10. The highest BCUT2D eigenvalue weighted by Gasteiger charge is 2.43. The minimum atomic E-state index is -1.20. The Morgan fingerprint density at radius 2 is 0.724 bits per heavy atom. The van der Waals surface area contributed by atoms with E-state index < -0.39 is 131 Å². The van der Waals surface area contributed by atoms with Crippen LogP contribution in [0.15, 0.2) is 60.7 Å². The summed E-state index contributed by atoms with van der Waals surface area (Å²) in [6.07, 6.45) is 5.69. The standard InChI is InChI=1S/C65H100N12O10/c1-40(2)36-48-58(80)72-50(38-44-22-12-9-13-23-44)64(86)76-34-20-28-52(76)60(82)75-55(43(7)8)63(85)69-47-27-19-33-67-31-17-11-16-30-66-32-18-26-46(56(78)70-48)68-62(84)54(42(5)6)74-61(83)53-29-21-35-77(53)65(87)51(39-45-24-14-10-15-25-45)73-59(81)49(37-41(3)4)71-57(47)79/h9-10,12-15,22-25,40-43,46-55,66-67H,11,16-21,26-39H2,1-8H3,(H,68,84)(H,69,85)(H,70,78)(H,71,79)(H,72,80)(H,73,81)(H,74,83)(H,75,82)/t46-,47-,48-,49-,50+,51+,52-,53-,54-,55-/m0/s1. The lowest BCUT2D eigenvalue weighted by Gasteiger charge is -2.33. The Kier molecular flexibility index (Phi) is 27.5. The van der Waals surface area contributed by atoms with Crippen LogP contribution in [0.4, 0.5) is 0 Å². The van der Waals surface area contributed by atoms with Gasteiger partial charge in [0.1, 0.15) is 60.4 Å². The molecule has 0 spiro atoms. The number of rotatable bonds is 10. The Bertz CT molecular complexity index is 2450. The quantitative estimate of drug-likeness (QED) is 0.164. The maximum Gasteiger partial charge on any atom is 0.246 e. The summed E-state index contributed by atoms with van der Waals surface area (Å²) >= 11 is 0. The highest BCUT2D eigenvalue weighted by Crippen LogP contribution is 2.24. The second-order valence-corrected chi connectivity index (χ2v) is 25.7. The van der Waals surface area contributed by atoms with Gasteiger partial charge in [-0.15, -0.1) is 0 Å². The van der Waals surface area contributed by atoms with Crippen LogP contribution in [0.25, 0.3) is 0 Å². The number of nitrogens with one attached hydrogen (secondary N) is 10. The molecule has 0 aliphatic carbocycles. The summed E-state index contributed by atoms with van der Waals surface area (Å²) in [6.45, 7) is 17.4. The SMILES string of the molecule is CC(C)C[C@@H]1NC(=O)[C@@H]2CCCNCCCCCNCCC[C@H](NC(=O)[C@H](C(C)C)NC(=O)[C@@H]3CCCN3C(=O)[C@@H](Cc3ccccc3)NC1=O)C(=O)N[C@@H](CC(C)C)C(=O)N[C@H](Cc1ccccc1)C(=O)N1CCC[C@H]1C(=O)N[C@@H](C(C)C)C(=O)N2. The molecule has 10 N–H and O–H groups in total. The van der Waals surface area contributed by atoms with Crippen LogP contribution in [-0.4, -0.2) is 169 Å². The number of hydrogen-bond acceptors (Lipinski definition) is 12. The van der Waals surface area contributed by atoms with Crippen LogP contribution < -0.4 is 53.2 Å². The third-order valence-electron chi connectivity index (χ3n) is 16.8. The molecule has 2 aromatic rings. The summed E-state index contributed by atoms with van der Waals surface area (Å²) in [7, 11) is 0. The van der Waals surface area contributed by atoms with Crippen molar-refractivity contribution in [3.63, 3.8) is 0 Å². The van der Waals surface area contributed by atoms with E-state index in [1.165, 1.54) is 9.80 Å². The van der Waals surface area contributed by atoms with Gasteiger partial charge in [-0.25, -0.2) is 0 Å². The van der Waals surface area contributed by atoms with Gasteiger partial charge in [0.05, 0.1) is 0 Å². The zero-order valence-corrected chi connectivity index (χ0v) is 52.7. The molecule has 0 radical (unpaired) electrons. The van der Waals surface area contributed by atoms with Crippen LogP contribution in [0.5, 0.6) is 0 Å². The fraction of sp³-hybridized carbons (Fsp3) is 0.662. The maximum absolute atomic E-state index is 15.0. The Morgan fingerprint density at radius 1 is 0.368 bits per heavy atom. The zero-order valence-electron chi connectivity index (χ0n) is 52.7. The normalized spacial score (nSPS) is 27.7. The first kappa shape index (κ1) is 69.2. The van der Waals surface area contributed by atoms with Crippen molar-refractivity contribution in [1.29, 1.82) is 0 Å². The lowest BCUT2D eigenvalue weighted by atomic mass is 9.98. The van der Waals surface area contributed by atoms with E-state index in [2.05, 4.69) is 53.2 Å². The van der Waals surface area contributed by atoms with E-state index in [0.29, 0.717) is 51.9 Å². The molecule has 22 heteroatoms. The van der Waals surface area contributed by atoms with Crippen molar-refractivity contribution in [2.75, 3.05) is 39.3 Å². The summed E-state index contributed by atoms with van der Waals surface area (Å²) in [5, 5.41) is 30.4. The molecule has 480 valence electrons. The Balaban J connectivity index is 1.45. The van der Waals surface area contributed by atoms with Gasteiger partial charge in [-0.05, 0) is 138 Å². The number of carbonyl (C=O) groups is 10. The molecule has 10 atom stereocenters. The minimum absolute atomic E-state index is 0.0450. The molecule has 4 saturated heterocycles. The summed E-state index contributed by atoms with van der Waals surface area (Å²) < 4.78 is 0. The molecule has 0 unspecified atom stereocenters. The second-order valence-electron chi connectivity index (χ2n) is 25.7. The van der Waals surface area contributed by atoms with E-state index in [1.54, 1.807) is 27.7 Å². The molecule has 2 aromatic carbocycles. The molecular weight excluding hydrogens is 1110 g/mol. The van der Waals surface area contributed by atoms with Crippen molar-refractivity contribution >= 4 is 59.1 Å². The maximum atomic E-state index is 15.0. The molecule has 2 bridgehead atoms. The molecule has 4 aliphatic rings. The summed E-state index contributed by atoms with van der Waals surface area (Å²) in [4.78, 5) is 151. The van der Waals surface area contributed by atoms with Crippen molar-refractivity contribution in [2.45, 2.75) is 212 Å². The Hall–Kier alpha value is -6.94. The third kappa shape index (κ3) is 21.1. The molecule has 0 saturated carbocycles. The van der Waals surface area contributed by atoms with Crippen molar-refractivity contribution < 1.29 is 47.9 Å². The van der Waals surface area contributed by atoms with Gasteiger partial charge in [0.25, 0.3) is 0 Å². The molecule has 4 heterocycles. The van der Waals surface area contributed by atoms with Gasteiger partial charge in [0.2, 0.25) is 59.1 Å². The zero-order chi connectivity index (χ0) is 63.2. The van der Waals surface area contributed by atoms with Crippen LogP contribution in [0.3, 0.4) is 0 Å². The molecule has 87 heavy (non-hydrogen) atoms. The largest absolute Gasteiger partial charge is 0.343 e. The van der Waals surface area contributed by atoms with E-state index in [0.717, 1.165) is 30.4 Å². The van der Waals surface area contributed by atoms with E-state index in [1.807, 2.05) is 88.4 Å². The number of amides is 10. The number of benzene rings is 2. The fourth-order valence-electron chi connectivity index (χ4n) is 12.0. The molecule has 0 aromatic heterocycles. The molecule has 6 rings (SSSR count). The molecule has 22 nitrogen and oxygen atoms in total. The topological polar surface area (TPSA) is 297 Å². The van der Waals surface area contributed by atoms with Gasteiger partial charge in [-0.2, -0.15) is 0 Å². The predicted molar refractivity (Wildman–Crippen MR) is 332 cm³/mol. The number of nitrogens with zero attached hydrogens (tertiary/aromatic N) is 2. The van der Waals surface area contributed by atoms with Gasteiger partial charge >= 0.3 is 0 Å². The van der Waals surface area contributed by atoms with Crippen LogP contribution >= 0.6 is 0 Å². The summed E-state index contributed by atoms with van der Waals surface area (Å²) in [5.41, 5.74) is 1.45. The highest BCUT2D eigenvalue weighted by molar-refractivity contribution is 6.00. The molecule has 10 amide bonds. The van der Waals surface area contributed by atoms with Crippen LogP contribution in [0.2, 0.25) is 0 Å². The van der Waals surface area contributed by atoms with Gasteiger partial charge in [0, 0.05) is 25.9 Å². The van der Waals surface area contributed by atoms with Crippen LogP contribution in [0, 0.1) is 23.7 Å². The average Bonchev–Trinajstić information content (AvgIpc) is 2.53. The third-order valence-corrected chi connectivity index (χ3v) is 16.8. The first-order valence-corrected chi connectivity index (χ1v) is 32.1. The molecule has 4 aliphatic heterocycles. The van der Waals surface area contributed by atoms with Crippen LogP contribution in [-0.2, 0) is 60.8 Å². The van der Waals surface area contributed by atoms with Gasteiger partial charge in [0.15, 0.2) is 0 Å². The minimum Gasteiger partial charge on any atom is -0.343 e. The van der Waals surface area contributed by atoms with E-state index in [4.69, 9.17) is 0 Å². The molecule has 4 fully saturated rings. The predicted octanol–water partition coefficient (Wildman–Crippen LogP) is 2.67. The molecular formula is C65H100N12O10. The van der Waals surface area contributed by atoms with Crippen molar-refractivity contribution in [3.8, 4) is 0 Å². The van der Waals surface area contributed by atoms with Crippen molar-refractivity contribution in [3.05, 3.63) is 71.8 Å². The van der Waals surface area contributed by atoms with Gasteiger partial charge < -0.3 is 63.0 Å². The van der Waals surface area contributed by atoms with E-state index >= 15 is 9.59 Å². The lowest BCUT2D eigenvalue weighted by molar-refractivity contribution is -0.143. The van der Waals surface area contributed by atoms with E-state index in [-0.39, 0.29) is 76.3 Å². The monoisotopic (exact) mass is 1210 g/mol. The number of carbonyl (C=O) groups excluding carboxylic acids is 10. The van der Waals surface area contributed by atoms with Gasteiger partial charge in [-0.1, -0.05) is 122 Å². The van der Waals surface area contributed by atoms with Crippen molar-refractivity contribution in [2.24, 2.45) is 23.7 Å². The second kappa shape index (κ2) is 34.6. The first-order valence-electron chi connectivity index (χ1n) is 32.1. The van der Waals surface area contributed by atoms with Gasteiger partial charge in [-0.3, -0.25) is 47.9 Å². The fourth-order valence-corrected chi connectivity index (χ4v) is 12.0. The van der Waals surface area contributed by atoms with Crippen molar-refractivity contribution in [1.82, 2.24) is 63.0 Å². The number of fused-ring (bicyclic) bond motifs is 16. The summed E-state index contributed by atoms with van der Waals surface area (Å²) in [6, 6.07) is 6.72. The highest BCUT2D eigenvalue weighted by atomic mass is 16.2. The van der Waals surface area contributed by atoms with Crippen LogP contribution in [0.1, 0.15) is 150 Å². The first-order chi connectivity index (χ1) is 41.6.